The van der Waals surface area contributed by atoms with Gasteiger partial charge in [0.05, 0.1) is 0 Å². The molecule has 1 fully saturated rings. The molecule has 0 radical (unpaired) electrons. The fraction of sp³-hybridized carbons (Fsp3) is 0.562. The molecule has 0 saturated carbocycles. The van der Waals surface area contributed by atoms with Crippen molar-refractivity contribution in [1.29, 1.82) is 0 Å². The molecule has 1 aliphatic rings. The second-order valence-corrected chi connectivity index (χ2v) is 5.76. The molecule has 21 heavy (non-hydrogen) atoms. The maximum atomic E-state index is 12.5. The average molecular weight is 289 g/mol. The molecule has 1 aromatic heterocycles. The molecule has 0 spiro atoms. The van der Waals surface area contributed by atoms with Crippen molar-refractivity contribution < 1.29 is 9.59 Å². The minimum Gasteiger partial charge on any atom is -0.349 e. The summed E-state index contributed by atoms with van der Waals surface area (Å²) >= 11 is 0. The zero-order valence-electron chi connectivity index (χ0n) is 12.8. The number of nitrogens with zero attached hydrogens (tertiary/aromatic N) is 2. The number of carbonyl (C=O) groups excluding carboxylic acids is 2. The van der Waals surface area contributed by atoms with E-state index in [0.717, 1.165) is 25.9 Å². The fourth-order valence-corrected chi connectivity index (χ4v) is 2.48. The predicted octanol–water partition coefficient (Wildman–Crippen LogP) is 2.24. The van der Waals surface area contributed by atoms with Crippen molar-refractivity contribution in [2.45, 2.75) is 45.6 Å². The average Bonchev–Trinajstić information content (AvgIpc) is 2.75. The van der Waals surface area contributed by atoms with Crippen LogP contribution in [0.15, 0.2) is 18.3 Å². The lowest BCUT2D eigenvalue weighted by Crippen LogP contribution is -2.33. The molecule has 5 nitrogen and oxygen atoms in total. The van der Waals surface area contributed by atoms with E-state index in [1.54, 1.807) is 12.1 Å². The van der Waals surface area contributed by atoms with Crippen LogP contribution in [-0.2, 0) is 0 Å². The molecular formula is C16H23N3O2. The molecule has 0 unspecified atom stereocenters. The highest BCUT2D eigenvalue weighted by molar-refractivity contribution is 5.98. The Hall–Kier alpha value is -1.91. The van der Waals surface area contributed by atoms with Gasteiger partial charge in [0.2, 0.25) is 0 Å². The number of pyridine rings is 1. The summed E-state index contributed by atoms with van der Waals surface area (Å²) < 4.78 is 0. The Morgan fingerprint density at radius 1 is 1.19 bits per heavy atom. The lowest BCUT2D eigenvalue weighted by molar-refractivity contribution is 0.0761. The maximum absolute atomic E-state index is 12.5. The van der Waals surface area contributed by atoms with Gasteiger partial charge >= 0.3 is 0 Å². The first-order valence-electron chi connectivity index (χ1n) is 7.64. The number of nitrogens with one attached hydrogen (secondary N) is 1. The van der Waals surface area contributed by atoms with Gasteiger partial charge in [-0.15, -0.1) is 0 Å². The molecule has 2 heterocycles. The van der Waals surface area contributed by atoms with Crippen LogP contribution >= 0.6 is 0 Å². The molecule has 0 aromatic carbocycles. The molecule has 2 amide bonds. The van der Waals surface area contributed by atoms with Crippen molar-refractivity contribution >= 4 is 11.8 Å². The summed E-state index contributed by atoms with van der Waals surface area (Å²) in [6.07, 6.45) is 6.00. The molecule has 2 rings (SSSR count). The van der Waals surface area contributed by atoms with Crippen molar-refractivity contribution in [2.24, 2.45) is 0 Å². The molecule has 0 aliphatic carbocycles. The van der Waals surface area contributed by atoms with Crippen molar-refractivity contribution in [1.82, 2.24) is 15.2 Å². The van der Waals surface area contributed by atoms with Gasteiger partial charge in [-0.25, -0.2) is 0 Å². The second kappa shape index (κ2) is 7.20. The Bertz CT molecular complexity index is 506. The lowest BCUT2D eigenvalue weighted by Gasteiger charge is -2.20. The molecule has 114 valence electrons. The van der Waals surface area contributed by atoms with Gasteiger partial charge in [-0.3, -0.25) is 14.6 Å². The third-order valence-electron chi connectivity index (χ3n) is 3.55. The Balaban J connectivity index is 2.12. The first-order chi connectivity index (χ1) is 10.1. The van der Waals surface area contributed by atoms with Crippen LogP contribution in [0.3, 0.4) is 0 Å². The number of amides is 2. The summed E-state index contributed by atoms with van der Waals surface area (Å²) in [4.78, 5) is 30.4. The summed E-state index contributed by atoms with van der Waals surface area (Å²) in [7, 11) is 0. The number of aromatic nitrogens is 1. The number of hydrogen-bond donors (Lipinski definition) is 1. The van der Waals surface area contributed by atoms with Gasteiger partial charge in [0, 0.05) is 30.9 Å². The van der Waals surface area contributed by atoms with E-state index < -0.39 is 0 Å². The van der Waals surface area contributed by atoms with Gasteiger partial charge in [0.15, 0.2) is 0 Å². The van der Waals surface area contributed by atoms with Crippen LogP contribution in [0.2, 0.25) is 0 Å². The Kier molecular flexibility index (Phi) is 5.31. The summed E-state index contributed by atoms with van der Waals surface area (Å²) in [5.74, 6) is -0.242. The van der Waals surface area contributed by atoms with E-state index in [2.05, 4.69) is 10.3 Å². The van der Waals surface area contributed by atoms with E-state index in [1.165, 1.54) is 19.0 Å². The quantitative estimate of drug-likeness (QED) is 0.928. The molecule has 1 N–H and O–H groups in total. The normalized spacial score (nSPS) is 15.7. The van der Waals surface area contributed by atoms with Gasteiger partial charge in [-0.2, -0.15) is 0 Å². The van der Waals surface area contributed by atoms with E-state index in [9.17, 15) is 9.59 Å². The van der Waals surface area contributed by atoms with E-state index in [0.29, 0.717) is 11.3 Å². The lowest BCUT2D eigenvalue weighted by atomic mass is 10.2. The molecule has 1 saturated heterocycles. The van der Waals surface area contributed by atoms with Gasteiger partial charge in [-0.05, 0) is 38.8 Å². The number of carbonyl (C=O) groups is 2. The predicted molar refractivity (Wildman–Crippen MR) is 81.2 cm³/mol. The molecule has 5 heteroatoms. The highest BCUT2D eigenvalue weighted by Crippen LogP contribution is 2.13. The Morgan fingerprint density at radius 2 is 1.86 bits per heavy atom. The smallest absolute Gasteiger partial charge is 0.270 e. The summed E-state index contributed by atoms with van der Waals surface area (Å²) in [6.45, 7) is 5.39. The van der Waals surface area contributed by atoms with Crippen molar-refractivity contribution in [3.05, 3.63) is 29.6 Å². The first-order valence-corrected chi connectivity index (χ1v) is 7.64. The van der Waals surface area contributed by atoms with E-state index >= 15 is 0 Å². The van der Waals surface area contributed by atoms with Gasteiger partial charge < -0.3 is 10.2 Å². The van der Waals surface area contributed by atoms with Gasteiger partial charge in [0.25, 0.3) is 11.8 Å². The van der Waals surface area contributed by atoms with E-state index in [4.69, 9.17) is 0 Å². The third-order valence-corrected chi connectivity index (χ3v) is 3.55. The van der Waals surface area contributed by atoms with Crippen LogP contribution in [-0.4, -0.2) is 40.8 Å². The van der Waals surface area contributed by atoms with E-state index in [-0.39, 0.29) is 17.9 Å². The summed E-state index contributed by atoms with van der Waals surface area (Å²) in [5.41, 5.74) is 0.838. The monoisotopic (exact) mass is 289 g/mol. The highest BCUT2D eigenvalue weighted by Gasteiger charge is 2.19. The zero-order valence-corrected chi connectivity index (χ0v) is 12.8. The molecular weight excluding hydrogens is 266 g/mol. The standard InChI is InChI=1S/C16H23N3O2/c1-12(2)18-15(20)14-11-13(7-8-17-14)16(21)19-9-5-3-4-6-10-19/h7-8,11-12H,3-6,9-10H2,1-2H3,(H,18,20). The number of hydrogen-bond acceptors (Lipinski definition) is 3. The summed E-state index contributed by atoms with van der Waals surface area (Å²) in [6, 6.07) is 3.31. The van der Waals surface area contributed by atoms with Crippen molar-refractivity contribution in [2.75, 3.05) is 13.1 Å². The summed E-state index contributed by atoms with van der Waals surface area (Å²) in [5, 5.41) is 2.79. The van der Waals surface area contributed by atoms with E-state index in [1.807, 2.05) is 18.7 Å². The van der Waals surface area contributed by atoms with Crippen LogP contribution in [0.25, 0.3) is 0 Å². The Morgan fingerprint density at radius 3 is 2.48 bits per heavy atom. The SMILES string of the molecule is CC(C)NC(=O)c1cc(C(=O)N2CCCCCC2)ccn1. The molecule has 0 atom stereocenters. The van der Waals surface area contributed by atoms with Crippen LogP contribution < -0.4 is 5.32 Å². The third kappa shape index (κ3) is 4.28. The largest absolute Gasteiger partial charge is 0.349 e. The fourth-order valence-electron chi connectivity index (χ4n) is 2.48. The van der Waals surface area contributed by atoms with Crippen LogP contribution in [0.1, 0.15) is 60.4 Å². The van der Waals surface area contributed by atoms with Crippen LogP contribution in [0.4, 0.5) is 0 Å². The zero-order chi connectivity index (χ0) is 15.2. The molecule has 0 bridgehead atoms. The second-order valence-electron chi connectivity index (χ2n) is 5.76. The Labute approximate surface area is 125 Å². The number of likely N-dealkylation sites (tertiary alicyclic amines) is 1. The number of rotatable bonds is 3. The minimum absolute atomic E-state index is 0.00195. The minimum atomic E-state index is -0.240. The van der Waals surface area contributed by atoms with Crippen LogP contribution in [0, 0.1) is 0 Å². The maximum Gasteiger partial charge on any atom is 0.270 e. The van der Waals surface area contributed by atoms with Crippen molar-refractivity contribution in [3.8, 4) is 0 Å². The first kappa shape index (κ1) is 15.5. The topological polar surface area (TPSA) is 62.3 Å². The molecule has 1 aromatic rings. The highest BCUT2D eigenvalue weighted by atomic mass is 16.2. The van der Waals surface area contributed by atoms with Gasteiger partial charge in [-0.1, -0.05) is 12.8 Å². The molecule has 1 aliphatic heterocycles. The van der Waals surface area contributed by atoms with Crippen molar-refractivity contribution in [3.63, 3.8) is 0 Å². The van der Waals surface area contributed by atoms with Gasteiger partial charge in [0.1, 0.15) is 5.69 Å². The van der Waals surface area contributed by atoms with Crippen LogP contribution in [0.5, 0.6) is 0 Å².